The summed E-state index contributed by atoms with van der Waals surface area (Å²) in [6, 6.07) is 0. The quantitative estimate of drug-likeness (QED) is 0.589. The Morgan fingerprint density at radius 2 is 2.29 bits per heavy atom. The lowest BCUT2D eigenvalue weighted by Crippen LogP contribution is -2.48. The van der Waals surface area contributed by atoms with Crippen LogP contribution in [0.4, 0.5) is 0 Å². The third-order valence-electron chi connectivity index (χ3n) is 4.85. The summed E-state index contributed by atoms with van der Waals surface area (Å²) in [7, 11) is 0. The molecule has 2 unspecified atom stereocenters. The minimum atomic E-state index is 0.0865. The van der Waals surface area contributed by atoms with E-state index in [1.54, 1.807) is 0 Å². The van der Waals surface area contributed by atoms with Crippen LogP contribution in [0.1, 0.15) is 39.5 Å². The highest BCUT2D eigenvalue weighted by atomic mass is 16.2. The van der Waals surface area contributed by atoms with Crippen LogP contribution < -0.4 is 5.43 Å². The van der Waals surface area contributed by atoms with Crippen LogP contribution in [-0.4, -0.2) is 12.1 Å². The van der Waals surface area contributed by atoms with E-state index in [4.69, 9.17) is 0 Å². The van der Waals surface area contributed by atoms with E-state index < -0.39 is 0 Å². The second-order valence-corrected chi connectivity index (χ2v) is 6.25. The normalized spacial score (nSPS) is 34.1. The highest BCUT2D eigenvalue weighted by Crippen LogP contribution is 2.58. The predicted molar refractivity (Wildman–Crippen MR) is 67.4 cm³/mol. The zero-order chi connectivity index (χ0) is 12.0. The van der Waals surface area contributed by atoms with E-state index in [1.807, 2.05) is 6.21 Å². The monoisotopic (exact) mass is 232 g/mol. The maximum atomic E-state index is 11.4. The van der Waals surface area contributed by atoms with Crippen LogP contribution in [0, 0.1) is 23.2 Å². The molecule has 17 heavy (non-hydrogen) atoms. The summed E-state index contributed by atoms with van der Waals surface area (Å²) in [6.07, 6.45) is 8.67. The average molecular weight is 232 g/mol. The third kappa shape index (κ3) is 1.81. The van der Waals surface area contributed by atoms with Gasteiger partial charge in [0.05, 0.1) is 6.21 Å². The highest BCUT2D eigenvalue weighted by molar-refractivity contribution is 5.84. The van der Waals surface area contributed by atoms with Gasteiger partial charge in [-0.1, -0.05) is 19.9 Å². The largest absolute Gasteiger partial charge is 0.273 e. The number of hydrogen-bond donors (Lipinski definition) is 1. The van der Waals surface area contributed by atoms with Gasteiger partial charge in [-0.2, -0.15) is 5.10 Å². The van der Waals surface area contributed by atoms with Crippen LogP contribution in [0.15, 0.2) is 16.8 Å². The molecule has 4 rings (SSSR count). The van der Waals surface area contributed by atoms with E-state index >= 15 is 0 Å². The number of fused-ring (bicyclic) bond motifs is 1. The highest BCUT2D eigenvalue weighted by Gasteiger charge is 2.50. The number of carbonyl (C=O) groups excluding carboxylic acids is 1. The molecule has 0 saturated heterocycles. The van der Waals surface area contributed by atoms with E-state index in [0.29, 0.717) is 11.3 Å². The van der Waals surface area contributed by atoms with Crippen molar-refractivity contribution in [1.29, 1.82) is 0 Å². The molecule has 3 nitrogen and oxygen atoms in total. The lowest BCUT2D eigenvalue weighted by Gasteiger charge is -2.55. The molecule has 0 aromatic heterocycles. The molecule has 0 aromatic rings. The number of nitrogens with one attached hydrogen (secondary N) is 1. The van der Waals surface area contributed by atoms with Crippen LogP contribution >= 0.6 is 0 Å². The average Bonchev–Trinajstić information content (AvgIpc) is 3.12. The van der Waals surface area contributed by atoms with Crippen molar-refractivity contribution in [3.05, 3.63) is 11.6 Å². The maximum Gasteiger partial charge on any atom is 0.243 e. The fourth-order valence-electron chi connectivity index (χ4n) is 3.15. The molecule has 0 aliphatic heterocycles. The molecular weight excluding hydrogens is 212 g/mol. The number of carbonyl (C=O) groups is 1. The fraction of sp³-hybridized carbons (Fsp3) is 0.714. The predicted octanol–water partition coefficient (Wildman–Crippen LogP) is 2.49. The topological polar surface area (TPSA) is 41.5 Å². The van der Waals surface area contributed by atoms with Crippen molar-refractivity contribution in [2.45, 2.75) is 39.5 Å². The van der Waals surface area contributed by atoms with Gasteiger partial charge in [0.15, 0.2) is 0 Å². The SMILES string of the molecule is CC1(C)C2CC=C(C=NNC(=O)C3CC3)C1C2. The van der Waals surface area contributed by atoms with E-state index in [1.165, 1.54) is 18.4 Å². The van der Waals surface area contributed by atoms with Crippen molar-refractivity contribution >= 4 is 12.1 Å². The Hall–Kier alpha value is -1.12. The van der Waals surface area contributed by atoms with Gasteiger partial charge in [0.2, 0.25) is 5.91 Å². The van der Waals surface area contributed by atoms with Crippen LogP contribution in [0.5, 0.6) is 0 Å². The molecule has 4 aliphatic carbocycles. The second-order valence-electron chi connectivity index (χ2n) is 6.25. The zero-order valence-electron chi connectivity index (χ0n) is 10.6. The minimum absolute atomic E-state index is 0.0865. The summed E-state index contributed by atoms with van der Waals surface area (Å²) in [5.41, 5.74) is 4.39. The number of amides is 1. The van der Waals surface area contributed by atoms with Gasteiger partial charge in [-0.3, -0.25) is 4.79 Å². The van der Waals surface area contributed by atoms with Crippen LogP contribution in [0.3, 0.4) is 0 Å². The molecule has 1 N–H and O–H groups in total. The Morgan fingerprint density at radius 1 is 1.53 bits per heavy atom. The van der Waals surface area contributed by atoms with Crippen LogP contribution in [0.2, 0.25) is 0 Å². The Balaban J connectivity index is 1.60. The number of allylic oxidation sites excluding steroid dienone is 2. The van der Waals surface area contributed by atoms with Crippen molar-refractivity contribution in [2.75, 3.05) is 0 Å². The zero-order valence-corrected chi connectivity index (χ0v) is 10.6. The Bertz CT molecular complexity index is 404. The molecule has 0 aromatic carbocycles. The number of nitrogens with zero attached hydrogens (tertiary/aromatic N) is 1. The molecule has 2 saturated carbocycles. The minimum Gasteiger partial charge on any atom is -0.273 e. The lowest BCUT2D eigenvalue weighted by molar-refractivity contribution is -0.122. The van der Waals surface area contributed by atoms with Crippen molar-refractivity contribution in [3.8, 4) is 0 Å². The first kappa shape index (κ1) is 11.0. The van der Waals surface area contributed by atoms with Crippen molar-refractivity contribution in [1.82, 2.24) is 5.43 Å². The first-order valence-corrected chi connectivity index (χ1v) is 6.62. The van der Waals surface area contributed by atoms with Crippen molar-refractivity contribution in [3.63, 3.8) is 0 Å². The molecule has 4 aliphatic rings. The Morgan fingerprint density at radius 3 is 2.88 bits per heavy atom. The van der Waals surface area contributed by atoms with Crippen molar-refractivity contribution in [2.24, 2.45) is 28.3 Å². The summed E-state index contributed by atoms with van der Waals surface area (Å²) in [6.45, 7) is 4.69. The Kier molecular flexibility index (Phi) is 2.39. The molecule has 0 spiro atoms. The number of rotatable bonds is 3. The molecular formula is C14H20N2O. The van der Waals surface area contributed by atoms with Gasteiger partial charge in [-0.25, -0.2) is 5.43 Å². The summed E-state index contributed by atoms with van der Waals surface area (Å²) in [4.78, 5) is 11.4. The molecule has 0 radical (unpaired) electrons. The summed E-state index contributed by atoms with van der Waals surface area (Å²) >= 11 is 0. The number of hydrazone groups is 1. The summed E-state index contributed by atoms with van der Waals surface area (Å²) in [5, 5.41) is 4.10. The molecule has 2 atom stereocenters. The van der Waals surface area contributed by atoms with Crippen molar-refractivity contribution < 1.29 is 4.79 Å². The Labute approximate surface area is 102 Å². The molecule has 2 bridgehead atoms. The molecule has 3 heteroatoms. The van der Waals surface area contributed by atoms with Gasteiger partial charge in [0.25, 0.3) is 0 Å². The number of hydrogen-bond acceptors (Lipinski definition) is 2. The third-order valence-corrected chi connectivity index (χ3v) is 4.85. The lowest BCUT2D eigenvalue weighted by atomic mass is 9.49. The van der Waals surface area contributed by atoms with Gasteiger partial charge in [-0.05, 0) is 48.5 Å². The maximum absolute atomic E-state index is 11.4. The second kappa shape index (κ2) is 3.69. The van der Waals surface area contributed by atoms with E-state index in [2.05, 4.69) is 30.5 Å². The molecule has 2 fully saturated rings. The summed E-state index contributed by atoms with van der Waals surface area (Å²) < 4.78 is 0. The van der Waals surface area contributed by atoms with Gasteiger partial charge in [0, 0.05) is 5.92 Å². The van der Waals surface area contributed by atoms with E-state index in [9.17, 15) is 4.79 Å². The molecule has 1 amide bonds. The smallest absolute Gasteiger partial charge is 0.243 e. The standard InChI is InChI=1S/C14H20N2O/c1-14(2)11-6-5-10(12(14)7-11)8-15-16-13(17)9-3-4-9/h5,8-9,11-12H,3-4,6-7H2,1-2H3,(H,16,17). The van der Waals surface area contributed by atoms with E-state index in [0.717, 1.165) is 18.8 Å². The van der Waals surface area contributed by atoms with E-state index in [-0.39, 0.29) is 11.8 Å². The van der Waals surface area contributed by atoms with Crippen LogP contribution in [0.25, 0.3) is 0 Å². The van der Waals surface area contributed by atoms with Crippen LogP contribution in [-0.2, 0) is 4.79 Å². The molecule has 0 heterocycles. The fourth-order valence-corrected chi connectivity index (χ4v) is 3.15. The van der Waals surface area contributed by atoms with Gasteiger partial charge >= 0.3 is 0 Å². The van der Waals surface area contributed by atoms with Gasteiger partial charge in [-0.15, -0.1) is 0 Å². The van der Waals surface area contributed by atoms with Gasteiger partial charge in [0.1, 0.15) is 0 Å². The molecule has 92 valence electrons. The first-order valence-electron chi connectivity index (χ1n) is 6.62. The first-order chi connectivity index (χ1) is 8.09. The van der Waals surface area contributed by atoms with Gasteiger partial charge < -0.3 is 0 Å². The summed E-state index contributed by atoms with van der Waals surface area (Å²) in [5.74, 6) is 1.81.